The maximum atomic E-state index is 13.4. The number of nitrogens with one attached hydrogen (secondary N) is 3. The standard InChI is InChI=1S/C20H22FN3O2S/c1-2-10-27-20-23-18-17(19(26)24-20)15(11-6-8-12(21)9-7-11)16-13(22-18)4-3-5-14(16)25/h2,6-9,15,17-18,20,22-23H,1,3-5,10H2,(H,24,26). The van der Waals surface area contributed by atoms with Gasteiger partial charge in [-0.25, -0.2) is 4.39 Å². The molecule has 4 atom stereocenters. The number of carbonyl (C=O) groups excluding carboxylic acids is 2. The van der Waals surface area contributed by atoms with Gasteiger partial charge in [0.1, 0.15) is 11.3 Å². The molecular formula is C20H22FN3O2S. The second-order valence-corrected chi connectivity index (χ2v) is 8.16. The van der Waals surface area contributed by atoms with Gasteiger partial charge < -0.3 is 10.6 Å². The molecule has 2 heterocycles. The van der Waals surface area contributed by atoms with Crippen LogP contribution < -0.4 is 16.0 Å². The molecule has 1 saturated heterocycles. The van der Waals surface area contributed by atoms with Gasteiger partial charge in [0.05, 0.1) is 12.1 Å². The number of thioether (sulfide) groups is 1. The number of rotatable bonds is 4. The van der Waals surface area contributed by atoms with Crippen molar-refractivity contribution in [3.8, 4) is 0 Å². The van der Waals surface area contributed by atoms with Crippen molar-refractivity contribution in [3.63, 3.8) is 0 Å². The molecule has 2 aliphatic heterocycles. The van der Waals surface area contributed by atoms with E-state index in [-0.39, 0.29) is 35.1 Å². The van der Waals surface area contributed by atoms with E-state index in [0.29, 0.717) is 17.7 Å². The molecule has 7 heteroatoms. The Morgan fingerprint density at radius 1 is 1.19 bits per heavy atom. The summed E-state index contributed by atoms with van der Waals surface area (Å²) < 4.78 is 13.4. The summed E-state index contributed by atoms with van der Waals surface area (Å²) in [5.74, 6) is -0.502. The van der Waals surface area contributed by atoms with Gasteiger partial charge in [-0.3, -0.25) is 14.9 Å². The Bertz CT molecular complexity index is 808. The average molecular weight is 387 g/mol. The molecule has 0 radical (unpaired) electrons. The van der Waals surface area contributed by atoms with E-state index in [4.69, 9.17) is 0 Å². The van der Waals surface area contributed by atoms with Crippen LogP contribution in [0, 0.1) is 11.7 Å². The van der Waals surface area contributed by atoms with Gasteiger partial charge in [0.15, 0.2) is 5.78 Å². The fourth-order valence-corrected chi connectivity index (χ4v) is 4.97. The number of allylic oxidation sites excluding steroid dienone is 2. The van der Waals surface area contributed by atoms with Crippen molar-refractivity contribution >= 4 is 23.5 Å². The Labute approximate surface area is 161 Å². The molecule has 4 unspecified atom stereocenters. The summed E-state index contributed by atoms with van der Waals surface area (Å²) in [5.41, 5.74) is 2.17. The van der Waals surface area contributed by atoms with Gasteiger partial charge >= 0.3 is 0 Å². The van der Waals surface area contributed by atoms with Gasteiger partial charge in [0, 0.05) is 29.4 Å². The molecule has 1 aliphatic carbocycles. The van der Waals surface area contributed by atoms with Gasteiger partial charge in [-0.1, -0.05) is 18.2 Å². The Balaban J connectivity index is 1.74. The van der Waals surface area contributed by atoms with Crippen LogP contribution in [0.4, 0.5) is 4.39 Å². The van der Waals surface area contributed by atoms with Crippen molar-refractivity contribution in [2.75, 3.05) is 5.75 Å². The van der Waals surface area contributed by atoms with E-state index in [2.05, 4.69) is 22.5 Å². The molecule has 1 fully saturated rings. The Morgan fingerprint density at radius 2 is 1.96 bits per heavy atom. The molecule has 0 spiro atoms. The van der Waals surface area contributed by atoms with Crippen LogP contribution >= 0.6 is 11.8 Å². The number of carbonyl (C=O) groups is 2. The number of halogens is 1. The number of hydrogen-bond donors (Lipinski definition) is 3. The minimum atomic E-state index is -0.475. The minimum Gasteiger partial charge on any atom is -0.372 e. The van der Waals surface area contributed by atoms with Crippen molar-refractivity contribution in [1.29, 1.82) is 0 Å². The Morgan fingerprint density at radius 3 is 2.70 bits per heavy atom. The van der Waals surface area contributed by atoms with Crippen LogP contribution in [-0.2, 0) is 9.59 Å². The maximum Gasteiger partial charge on any atom is 0.229 e. The first-order valence-corrected chi connectivity index (χ1v) is 10.2. The van der Waals surface area contributed by atoms with Crippen LogP contribution in [0.15, 0.2) is 48.2 Å². The van der Waals surface area contributed by atoms with Crippen molar-refractivity contribution < 1.29 is 14.0 Å². The third kappa shape index (κ3) is 3.41. The van der Waals surface area contributed by atoms with Gasteiger partial charge in [-0.15, -0.1) is 18.3 Å². The summed E-state index contributed by atoms with van der Waals surface area (Å²) in [7, 11) is 0. The highest BCUT2D eigenvalue weighted by molar-refractivity contribution is 7.99. The number of ketones is 1. The van der Waals surface area contributed by atoms with E-state index in [0.717, 1.165) is 24.1 Å². The normalized spacial score (nSPS) is 30.1. The zero-order valence-corrected chi connectivity index (χ0v) is 15.7. The van der Waals surface area contributed by atoms with Crippen molar-refractivity contribution in [3.05, 3.63) is 59.6 Å². The summed E-state index contributed by atoms with van der Waals surface area (Å²) in [6, 6.07) is 6.13. The molecule has 3 aliphatic rings. The summed E-state index contributed by atoms with van der Waals surface area (Å²) in [4.78, 5) is 25.7. The molecule has 3 N–H and O–H groups in total. The van der Waals surface area contributed by atoms with E-state index < -0.39 is 5.92 Å². The molecule has 1 amide bonds. The lowest BCUT2D eigenvalue weighted by atomic mass is 9.70. The number of fused-ring (bicyclic) bond motifs is 1. The van der Waals surface area contributed by atoms with Gasteiger partial charge in [-0.05, 0) is 30.5 Å². The maximum absolute atomic E-state index is 13.4. The summed E-state index contributed by atoms with van der Waals surface area (Å²) >= 11 is 1.55. The predicted molar refractivity (Wildman–Crippen MR) is 103 cm³/mol. The lowest BCUT2D eigenvalue weighted by Crippen LogP contribution is -2.67. The topological polar surface area (TPSA) is 70.2 Å². The molecule has 0 aromatic heterocycles. The Kier molecular flexibility index (Phi) is 5.06. The number of Topliss-reactive ketones (excluding diaryl/α,β-unsaturated/α-hetero) is 1. The third-order valence-electron chi connectivity index (χ3n) is 5.33. The molecule has 1 aromatic carbocycles. The van der Waals surface area contributed by atoms with Crippen LogP contribution in [0.5, 0.6) is 0 Å². The number of amides is 1. The highest BCUT2D eigenvalue weighted by Crippen LogP contribution is 2.43. The minimum absolute atomic E-state index is 0.0764. The molecule has 4 rings (SSSR count). The highest BCUT2D eigenvalue weighted by Gasteiger charge is 2.48. The predicted octanol–water partition coefficient (Wildman–Crippen LogP) is 2.38. The largest absolute Gasteiger partial charge is 0.372 e. The molecule has 1 aromatic rings. The zero-order valence-electron chi connectivity index (χ0n) is 14.8. The fourth-order valence-electron chi connectivity index (χ4n) is 4.20. The SMILES string of the molecule is C=CCSC1NC(=O)C2C(NC3=C(C(=O)CCC3)C2c2ccc(F)cc2)N1. The first kappa shape index (κ1) is 18.3. The number of benzene rings is 1. The smallest absolute Gasteiger partial charge is 0.229 e. The van der Waals surface area contributed by atoms with Gasteiger partial charge in [0.2, 0.25) is 5.91 Å². The van der Waals surface area contributed by atoms with Crippen LogP contribution in [-0.4, -0.2) is 29.1 Å². The van der Waals surface area contributed by atoms with Crippen molar-refractivity contribution in [1.82, 2.24) is 16.0 Å². The first-order valence-electron chi connectivity index (χ1n) is 9.15. The van der Waals surface area contributed by atoms with E-state index >= 15 is 0 Å². The van der Waals surface area contributed by atoms with Crippen molar-refractivity contribution in [2.45, 2.75) is 36.8 Å². The quantitative estimate of drug-likeness (QED) is 0.692. The Hall–Kier alpha value is -2.12. The molecule has 0 bridgehead atoms. The van der Waals surface area contributed by atoms with Crippen molar-refractivity contribution in [2.24, 2.45) is 5.92 Å². The molecular weight excluding hydrogens is 365 g/mol. The fraction of sp³-hybridized carbons (Fsp3) is 0.400. The zero-order chi connectivity index (χ0) is 19.0. The van der Waals surface area contributed by atoms with Crippen LogP contribution in [0.1, 0.15) is 30.7 Å². The van der Waals surface area contributed by atoms with Crippen LogP contribution in [0.3, 0.4) is 0 Å². The molecule has 0 saturated carbocycles. The molecule has 142 valence electrons. The second-order valence-electron chi connectivity index (χ2n) is 7.02. The van der Waals surface area contributed by atoms with E-state index in [9.17, 15) is 14.0 Å². The molecule has 27 heavy (non-hydrogen) atoms. The summed E-state index contributed by atoms with van der Waals surface area (Å²) in [6.07, 6.45) is 3.60. The van der Waals surface area contributed by atoms with E-state index in [1.54, 1.807) is 30.0 Å². The number of hydrogen-bond acceptors (Lipinski definition) is 5. The third-order valence-corrected chi connectivity index (χ3v) is 6.35. The summed E-state index contributed by atoms with van der Waals surface area (Å²) in [6.45, 7) is 3.71. The van der Waals surface area contributed by atoms with Gasteiger partial charge in [-0.2, -0.15) is 0 Å². The lowest BCUT2D eigenvalue weighted by Gasteiger charge is -2.47. The summed E-state index contributed by atoms with van der Waals surface area (Å²) in [5, 5.41) is 9.83. The van der Waals surface area contributed by atoms with Gasteiger partial charge in [0.25, 0.3) is 0 Å². The molecule has 5 nitrogen and oxygen atoms in total. The highest BCUT2D eigenvalue weighted by atomic mass is 32.2. The average Bonchev–Trinajstić information content (AvgIpc) is 2.65. The first-order chi connectivity index (χ1) is 13.1. The lowest BCUT2D eigenvalue weighted by molar-refractivity contribution is -0.130. The monoisotopic (exact) mass is 387 g/mol. The van der Waals surface area contributed by atoms with Crippen LogP contribution in [0.2, 0.25) is 0 Å². The second kappa shape index (κ2) is 7.48. The van der Waals surface area contributed by atoms with E-state index in [1.807, 2.05) is 0 Å². The van der Waals surface area contributed by atoms with E-state index in [1.165, 1.54) is 12.1 Å². The van der Waals surface area contributed by atoms with Crippen LogP contribution in [0.25, 0.3) is 0 Å².